The molecular formula is C19H23N3O3S. The van der Waals surface area contributed by atoms with Crippen LogP contribution in [-0.2, 0) is 14.8 Å². The number of benzene rings is 2. The van der Waals surface area contributed by atoms with Crippen LogP contribution in [0.1, 0.15) is 20.8 Å². The molecule has 0 bridgehead atoms. The van der Waals surface area contributed by atoms with Gasteiger partial charge in [-0.2, -0.15) is 0 Å². The minimum absolute atomic E-state index is 0.0932. The lowest BCUT2D eigenvalue weighted by Gasteiger charge is -2.27. The van der Waals surface area contributed by atoms with Crippen molar-refractivity contribution in [3.8, 4) is 0 Å². The Kier molecular flexibility index (Phi) is 4.54. The molecule has 0 saturated carbocycles. The fraction of sp³-hybridized carbons (Fsp3) is 0.316. The molecule has 0 radical (unpaired) electrons. The zero-order valence-corrected chi connectivity index (χ0v) is 16.2. The van der Waals surface area contributed by atoms with Gasteiger partial charge < -0.3 is 5.32 Å². The molecule has 2 aromatic rings. The smallest absolute Gasteiger partial charge is 0.266 e. The standard InChI is InChI=1S/C19H23N3O3S/c1-19(2,3)20-13-18(23)22-15-10-6-5-9-14(15)21(4)26(24,25)17-12-8-7-11-16(17)22/h5-12,20H,13H2,1-4H3. The molecule has 1 amide bonds. The zero-order valence-electron chi connectivity index (χ0n) is 15.4. The van der Waals surface area contributed by atoms with Crippen LogP contribution in [0.25, 0.3) is 0 Å². The molecule has 1 aliphatic heterocycles. The van der Waals surface area contributed by atoms with Crippen molar-refractivity contribution in [2.24, 2.45) is 0 Å². The van der Waals surface area contributed by atoms with Crippen molar-refractivity contribution in [1.29, 1.82) is 0 Å². The second-order valence-corrected chi connectivity index (χ2v) is 9.20. The number of hydrogen-bond donors (Lipinski definition) is 1. The summed E-state index contributed by atoms with van der Waals surface area (Å²) in [6.45, 7) is 6.02. The molecule has 1 aliphatic rings. The third-order valence-corrected chi connectivity index (χ3v) is 6.04. The van der Waals surface area contributed by atoms with E-state index >= 15 is 0 Å². The number of amides is 1. The molecule has 0 aliphatic carbocycles. The van der Waals surface area contributed by atoms with Gasteiger partial charge in [0.05, 0.1) is 23.6 Å². The van der Waals surface area contributed by atoms with Crippen LogP contribution in [0.5, 0.6) is 0 Å². The molecule has 0 saturated heterocycles. The number of rotatable bonds is 2. The van der Waals surface area contributed by atoms with Crippen LogP contribution < -0.4 is 14.5 Å². The fourth-order valence-electron chi connectivity index (χ4n) is 2.87. The molecule has 1 heterocycles. The minimum Gasteiger partial charge on any atom is -0.304 e. The van der Waals surface area contributed by atoms with Crippen molar-refractivity contribution in [2.45, 2.75) is 31.2 Å². The molecule has 0 spiro atoms. The van der Waals surface area contributed by atoms with E-state index < -0.39 is 10.0 Å². The van der Waals surface area contributed by atoms with Crippen LogP contribution >= 0.6 is 0 Å². The molecule has 0 unspecified atom stereocenters. The lowest BCUT2D eigenvalue weighted by molar-refractivity contribution is -0.117. The van der Waals surface area contributed by atoms with Gasteiger partial charge in [-0.1, -0.05) is 24.3 Å². The average Bonchev–Trinajstić information content (AvgIpc) is 2.66. The summed E-state index contributed by atoms with van der Waals surface area (Å²) in [5.41, 5.74) is 1.14. The van der Waals surface area contributed by atoms with Gasteiger partial charge >= 0.3 is 0 Å². The van der Waals surface area contributed by atoms with Gasteiger partial charge in [-0.3, -0.25) is 14.0 Å². The molecule has 0 atom stereocenters. The van der Waals surface area contributed by atoms with Crippen molar-refractivity contribution in [1.82, 2.24) is 5.32 Å². The first-order chi connectivity index (χ1) is 12.1. The fourth-order valence-corrected chi connectivity index (χ4v) is 4.26. The number of sulfonamides is 1. The Morgan fingerprint density at radius 3 is 2.12 bits per heavy atom. The van der Waals surface area contributed by atoms with Crippen molar-refractivity contribution in [2.75, 3.05) is 22.8 Å². The van der Waals surface area contributed by atoms with Crippen LogP contribution in [0.15, 0.2) is 53.4 Å². The van der Waals surface area contributed by atoms with E-state index in [4.69, 9.17) is 0 Å². The number of fused-ring (bicyclic) bond motifs is 2. The average molecular weight is 373 g/mol. The lowest BCUT2D eigenvalue weighted by Crippen LogP contribution is -2.43. The molecule has 2 aromatic carbocycles. The molecule has 1 N–H and O–H groups in total. The highest BCUT2D eigenvalue weighted by Crippen LogP contribution is 2.43. The van der Waals surface area contributed by atoms with Gasteiger partial charge in [0.25, 0.3) is 10.0 Å². The molecule has 6 nitrogen and oxygen atoms in total. The first-order valence-corrected chi connectivity index (χ1v) is 9.82. The van der Waals surface area contributed by atoms with Gasteiger partial charge in [-0.25, -0.2) is 8.42 Å². The van der Waals surface area contributed by atoms with Gasteiger partial charge in [-0.15, -0.1) is 0 Å². The number of carbonyl (C=O) groups is 1. The molecule has 3 rings (SSSR count). The van der Waals surface area contributed by atoms with Crippen LogP contribution in [0.4, 0.5) is 17.1 Å². The van der Waals surface area contributed by atoms with Crippen molar-refractivity contribution in [3.05, 3.63) is 48.5 Å². The minimum atomic E-state index is -3.76. The highest BCUT2D eigenvalue weighted by atomic mass is 32.2. The van der Waals surface area contributed by atoms with Crippen LogP contribution in [-0.4, -0.2) is 33.5 Å². The second kappa shape index (κ2) is 6.41. The van der Waals surface area contributed by atoms with Gasteiger partial charge in [0, 0.05) is 12.6 Å². The van der Waals surface area contributed by atoms with Crippen LogP contribution in [0, 0.1) is 0 Å². The Morgan fingerprint density at radius 2 is 1.50 bits per heavy atom. The third kappa shape index (κ3) is 3.20. The number of nitrogens with one attached hydrogen (secondary N) is 1. The number of carbonyl (C=O) groups excluding carboxylic acids is 1. The largest absolute Gasteiger partial charge is 0.304 e. The first-order valence-electron chi connectivity index (χ1n) is 8.38. The predicted octanol–water partition coefficient (Wildman–Crippen LogP) is 2.88. The predicted molar refractivity (Wildman–Crippen MR) is 103 cm³/mol. The summed E-state index contributed by atoms with van der Waals surface area (Å²) in [5, 5.41) is 3.18. The van der Waals surface area contributed by atoms with Crippen molar-refractivity contribution >= 4 is 33.0 Å². The van der Waals surface area contributed by atoms with Gasteiger partial charge in [0.2, 0.25) is 5.91 Å². The Bertz CT molecular complexity index is 948. The number of nitrogens with zero attached hydrogens (tertiary/aromatic N) is 2. The SMILES string of the molecule is CN1c2ccccc2N(C(=O)CNC(C)(C)C)c2ccccc2S1(=O)=O. The maximum Gasteiger partial charge on any atom is 0.266 e. The summed E-state index contributed by atoms with van der Waals surface area (Å²) in [4.78, 5) is 14.7. The van der Waals surface area contributed by atoms with E-state index in [1.54, 1.807) is 42.5 Å². The molecule has 138 valence electrons. The molecule has 0 fully saturated rings. The maximum absolute atomic E-state index is 13.1. The van der Waals surface area contributed by atoms with Crippen LogP contribution in [0.3, 0.4) is 0 Å². The Balaban J connectivity index is 2.21. The van der Waals surface area contributed by atoms with Crippen molar-refractivity contribution in [3.63, 3.8) is 0 Å². The summed E-state index contributed by atoms with van der Waals surface area (Å²) in [6, 6.07) is 13.6. The van der Waals surface area contributed by atoms with Crippen LogP contribution in [0.2, 0.25) is 0 Å². The molecule has 0 aromatic heterocycles. The number of hydrogen-bond acceptors (Lipinski definition) is 4. The Morgan fingerprint density at radius 1 is 0.962 bits per heavy atom. The summed E-state index contributed by atoms with van der Waals surface area (Å²) in [5.74, 6) is -0.217. The van der Waals surface area contributed by atoms with E-state index in [1.807, 2.05) is 20.8 Å². The zero-order chi connectivity index (χ0) is 19.1. The quantitative estimate of drug-likeness (QED) is 0.879. The van der Waals surface area contributed by atoms with Gasteiger partial charge in [-0.05, 0) is 45.0 Å². The monoisotopic (exact) mass is 373 g/mol. The summed E-state index contributed by atoms with van der Waals surface area (Å²) >= 11 is 0. The second-order valence-electron chi connectivity index (χ2n) is 7.26. The Labute approximate surface area is 154 Å². The first kappa shape index (κ1) is 18.4. The summed E-state index contributed by atoms with van der Waals surface area (Å²) < 4.78 is 27.3. The highest BCUT2D eigenvalue weighted by Gasteiger charge is 2.35. The molecular weight excluding hydrogens is 350 g/mol. The van der Waals surface area contributed by atoms with E-state index in [1.165, 1.54) is 22.3 Å². The highest BCUT2D eigenvalue weighted by molar-refractivity contribution is 7.93. The molecule has 7 heteroatoms. The summed E-state index contributed by atoms with van der Waals surface area (Å²) in [7, 11) is -2.26. The van der Waals surface area contributed by atoms with Gasteiger partial charge in [0.1, 0.15) is 4.90 Å². The van der Waals surface area contributed by atoms with E-state index in [-0.39, 0.29) is 22.9 Å². The van der Waals surface area contributed by atoms with E-state index in [2.05, 4.69) is 5.32 Å². The maximum atomic E-state index is 13.1. The van der Waals surface area contributed by atoms with Gasteiger partial charge in [0.15, 0.2) is 0 Å². The van der Waals surface area contributed by atoms with E-state index in [0.29, 0.717) is 17.1 Å². The lowest BCUT2D eigenvalue weighted by atomic mass is 10.1. The van der Waals surface area contributed by atoms with E-state index in [9.17, 15) is 13.2 Å². The van der Waals surface area contributed by atoms with E-state index in [0.717, 1.165) is 0 Å². The topological polar surface area (TPSA) is 69.7 Å². The Hall–Kier alpha value is -2.38. The number of para-hydroxylation sites is 3. The third-order valence-electron chi connectivity index (χ3n) is 4.23. The number of anilines is 3. The molecule has 26 heavy (non-hydrogen) atoms. The normalized spacial score (nSPS) is 15.8. The summed E-state index contributed by atoms with van der Waals surface area (Å²) in [6.07, 6.45) is 0. The van der Waals surface area contributed by atoms with Crippen molar-refractivity contribution < 1.29 is 13.2 Å².